The van der Waals surface area contributed by atoms with Crippen LogP contribution < -0.4 is 0 Å². The first kappa shape index (κ1) is 14.8. The number of hydrogen-bond donors (Lipinski definition) is 0. The van der Waals surface area contributed by atoms with E-state index in [1.54, 1.807) is 24.3 Å². The molecule has 1 aromatic rings. The minimum Gasteiger partial charge on any atom is -0.475 e. The number of carbonyl (C=O) groups is 2. The van der Waals surface area contributed by atoms with Crippen LogP contribution in [0.5, 0.6) is 0 Å². The van der Waals surface area contributed by atoms with Crippen LogP contribution in [0.15, 0.2) is 41.9 Å². The second kappa shape index (κ2) is 6.69. The average molecular weight is 289 g/mol. The number of ether oxygens (including phenoxy) is 3. The predicted molar refractivity (Wildman–Crippen MR) is 75.2 cm³/mol. The van der Waals surface area contributed by atoms with Gasteiger partial charge in [-0.1, -0.05) is 18.7 Å². The maximum atomic E-state index is 11.8. The van der Waals surface area contributed by atoms with E-state index in [9.17, 15) is 9.59 Å². The van der Waals surface area contributed by atoms with E-state index in [4.69, 9.17) is 9.47 Å². The molecule has 0 saturated carbocycles. The number of methoxy groups -OCH3 is 1. The molecule has 21 heavy (non-hydrogen) atoms. The molecular formula is C15H15NO5. The summed E-state index contributed by atoms with van der Waals surface area (Å²) in [7, 11) is 1.30. The molecule has 0 saturated heterocycles. The highest BCUT2D eigenvalue weighted by atomic mass is 16.5. The Bertz CT molecular complexity index is 593. The Kier molecular flexibility index (Phi) is 4.71. The third-order valence-corrected chi connectivity index (χ3v) is 2.80. The maximum Gasteiger partial charge on any atom is 0.338 e. The second-order valence-electron chi connectivity index (χ2n) is 4.25. The highest BCUT2D eigenvalue weighted by Gasteiger charge is 2.27. The highest BCUT2D eigenvalue weighted by molar-refractivity contribution is 6.00. The lowest BCUT2D eigenvalue weighted by Gasteiger charge is -2.05. The summed E-state index contributed by atoms with van der Waals surface area (Å²) in [5.74, 6) is -0.602. The van der Waals surface area contributed by atoms with Crippen LogP contribution in [-0.2, 0) is 19.0 Å². The number of carbonyl (C=O) groups excluding carboxylic acids is 2. The quantitative estimate of drug-likeness (QED) is 0.604. The lowest BCUT2D eigenvalue weighted by Crippen LogP contribution is -2.21. The Hall–Kier alpha value is -2.63. The zero-order valence-corrected chi connectivity index (χ0v) is 11.6. The minimum atomic E-state index is -0.665. The van der Waals surface area contributed by atoms with E-state index in [0.29, 0.717) is 17.0 Å². The van der Waals surface area contributed by atoms with E-state index >= 15 is 0 Å². The molecule has 1 heterocycles. The minimum absolute atomic E-state index is 0.132. The van der Waals surface area contributed by atoms with Crippen molar-refractivity contribution in [1.82, 2.24) is 0 Å². The van der Waals surface area contributed by atoms with Gasteiger partial charge in [0.05, 0.1) is 12.7 Å². The van der Waals surface area contributed by atoms with Crippen molar-refractivity contribution in [3.8, 4) is 0 Å². The van der Waals surface area contributed by atoms with E-state index in [2.05, 4.69) is 16.3 Å². The summed E-state index contributed by atoms with van der Waals surface area (Å²) in [6, 6.07) is 5.99. The first-order valence-corrected chi connectivity index (χ1v) is 6.32. The van der Waals surface area contributed by atoms with Crippen molar-refractivity contribution >= 4 is 17.8 Å². The molecule has 1 aliphatic rings. The molecule has 0 aromatic heterocycles. The number of nitrogens with zero attached hydrogens (tertiary/aromatic N) is 1. The predicted octanol–water partition coefficient (Wildman–Crippen LogP) is 1.35. The van der Waals surface area contributed by atoms with Gasteiger partial charge in [0.1, 0.15) is 13.2 Å². The molecule has 110 valence electrons. The molecule has 0 aliphatic carbocycles. The lowest BCUT2D eigenvalue weighted by atomic mass is 10.1. The summed E-state index contributed by atoms with van der Waals surface area (Å²) in [4.78, 5) is 27.3. The van der Waals surface area contributed by atoms with Crippen LogP contribution in [-0.4, -0.2) is 44.2 Å². The summed E-state index contributed by atoms with van der Waals surface area (Å²) in [6.45, 7) is 3.76. The normalized spacial score (nSPS) is 16.6. The van der Waals surface area contributed by atoms with E-state index in [1.807, 2.05) is 0 Å². The van der Waals surface area contributed by atoms with E-state index in [1.165, 1.54) is 13.2 Å². The number of hydrogen-bond acceptors (Lipinski definition) is 6. The maximum absolute atomic E-state index is 11.8. The summed E-state index contributed by atoms with van der Waals surface area (Å²) >= 11 is 0. The van der Waals surface area contributed by atoms with Gasteiger partial charge in [-0.25, -0.2) is 14.6 Å². The van der Waals surface area contributed by atoms with Gasteiger partial charge in [-0.15, -0.1) is 0 Å². The van der Waals surface area contributed by atoms with Gasteiger partial charge in [0.2, 0.25) is 5.90 Å². The molecule has 0 unspecified atom stereocenters. The zero-order chi connectivity index (χ0) is 15.2. The number of benzene rings is 1. The van der Waals surface area contributed by atoms with Gasteiger partial charge < -0.3 is 14.2 Å². The van der Waals surface area contributed by atoms with Crippen LogP contribution in [0.4, 0.5) is 0 Å². The molecule has 0 spiro atoms. The Labute approximate surface area is 122 Å². The third kappa shape index (κ3) is 3.47. The van der Waals surface area contributed by atoms with E-state index in [0.717, 1.165) is 0 Å². The fourth-order valence-electron chi connectivity index (χ4n) is 1.79. The summed E-state index contributed by atoms with van der Waals surface area (Å²) in [5, 5.41) is 0. The van der Waals surface area contributed by atoms with Crippen LogP contribution in [0.1, 0.15) is 15.9 Å². The van der Waals surface area contributed by atoms with Crippen LogP contribution in [0.25, 0.3) is 0 Å². The molecule has 6 nitrogen and oxygen atoms in total. The summed E-state index contributed by atoms with van der Waals surface area (Å²) in [6.07, 6.45) is 1.49. The lowest BCUT2D eigenvalue weighted by molar-refractivity contribution is -0.142. The molecule has 0 bridgehead atoms. The van der Waals surface area contributed by atoms with Crippen molar-refractivity contribution in [1.29, 1.82) is 0 Å². The topological polar surface area (TPSA) is 74.2 Å². The molecule has 1 atom stereocenters. The summed E-state index contributed by atoms with van der Waals surface area (Å²) in [5.41, 5.74) is 0.983. The van der Waals surface area contributed by atoms with Gasteiger partial charge in [-0.3, -0.25) is 0 Å². The molecular weight excluding hydrogens is 274 g/mol. The summed E-state index contributed by atoms with van der Waals surface area (Å²) < 4.78 is 14.9. The fraction of sp³-hybridized carbons (Fsp3) is 0.267. The number of esters is 2. The fourth-order valence-corrected chi connectivity index (χ4v) is 1.79. The zero-order valence-electron chi connectivity index (χ0n) is 11.6. The molecule has 2 rings (SSSR count). The Morgan fingerprint density at radius 2 is 2.33 bits per heavy atom. The molecule has 0 fully saturated rings. The van der Waals surface area contributed by atoms with Gasteiger partial charge in [0, 0.05) is 5.56 Å². The molecule has 0 radical (unpaired) electrons. The largest absolute Gasteiger partial charge is 0.475 e. The van der Waals surface area contributed by atoms with Crippen molar-refractivity contribution in [2.75, 3.05) is 20.3 Å². The Balaban J connectivity index is 2.16. The highest BCUT2D eigenvalue weighted by Crippen LogP contribution is 2.15. The molecule has 0 amide bonds. The van der Waals surface area contributed by atoms with Crippen LogP contribution in [0.3, 0.4) is 0 Å². The van der Waals surface area contributed by atoms with E-state index in [-0.39, 0.29) is 13.2 Å². The first-order valence-electron chi connectivity index (χ1n) is 6.32. The number of rotatable bonds is 5. The van der Waals surface area contributed by atoms with Gasteiger partial charge in [0.15, 0.2) is 6.04 Å². The van der Waals surface area contributed by atoms with Crippen molar-refractivity contribution in [3.05, 3.63) is 48.0 Å². The van der Waals surface area contributed by atoms with Crippen LogP contribution >= 0.6 is 0 Å². The Morgan fingerprint density at radius 1 is 1.52 bits per heavy atom. The molecule has 6 heteroatoms. The SMILES string of the molecule is C=CCOC(=O)c1cccc(C2=N[C@H](C(=O)OC)CO2)c1. The molecule has 1 aromatic carbocycles. The van der Waals surface area contributed by atoms with Crippen LogP contribution in [0, 0.1) is 0 Å². The molecule has 1 aliphatic heterocycles. The monoisotopic (exact) mass is 289 g/mol. The van der Waals surface area contributed by atoms with E-state index < -0.39 is 18.0 Å². The second-order valence-corrected chi connectivity index (χ2v) is 4.25. The van der Waals surface area contributed by atoms with Crippen molar-refractivity contribution in [2.45, 2.75) is 6.04 Å². The first-order chi connectivity index (χ1) is 10.2. The van der Waals surface area contributed by atoms with Crippen molar-refractivity contribution in [3.63, 3.8) is 0 Å². The molecule has 0 N–H and O–H groups in total. The smallest absolute Gasteiger partial charge is 0.338 e. The average Bonchev–Trinajstić information content (AvgIpc) is 3.02. The van der Waals surface area contributed by atoms with Gasteiger partial charge in [0.25, 0.3) is 0 Å². The Morgan fingerprint density at radius 3 is 3.05 bits per heavy atom. The van der Waals surface area contributed by atoms with Gasteiger partial charge in [-0.05, 0) is 18.2 Å². The third-order valence-electron chi connectivity index (χ3n) is 2.80. The van der Waals surface area contributed by atoms with Crippen molar-refractivity contribution < 1.29 is 23.8 Å². The van der Waals surface area contributed by atoms with Gasteiger partial charge >= 0.3 is 11.9 Å². The van der Waals surface area contributed by atoms with Gasteiger partial charge in [-0.2, -0.15) is 0 Å². The van der Waals surface area contributed by atoms with Crippen molar-refractivity contribution in [2.24, 2.45) is 4.99 Å². The number of aliphatic imine (C=N–C) groups is 1. The van der Waals surface area contributed by atoms with Crippen LogP contribution in [0.2, 0.25) is 0 Å². The standard InChI is InChI=1S/C15H15NO5/c1-3-7-20-14(17)11-6-4-5-10(8-11)13-16-12(9-21-13)15(18)19-2/h3-6,8,12H,1,7,9H2,2H3/t12-/m0/s1.